The smallest absolute Gasteiger partial charge is 0.310 e. The molecule has 0 amide bonds. The summed E-state index contributed by atoms with van der Waals surface area (Å²) >= 11 is 9.98. The zero-order valence-corrected chi connectivity index (χ0v) is 9.60. The predicted molar refractivity (Wildman–Crippen MR) is 59.1 cm³/mol. The summed E-state index contributed by atoms with van der Waals surface area (Å²) in [6.07, 6.45) is 0.0536. The van der Waals surface area contributed by atoms with Crippen molar-refractivity contribution in [2.45, 2.75) is 11.3 Å². The van der Waals surface area contributed by atoms with Crippen molar-refractivity contribution in [2.75, 3.05) is 7.11 Å². The molecule has 0 aliphatic carbocycles. The van der Waals surface area contributed by atoms with Crippen molar-refractivity contribution in [3.8, 4) is 6.07 Å². The Morgan fingerprint density at radius 1 is 1.67 bits per heavy atom. The molecule has 3 nitrogen and oxygen atoms in total. The van der Waals surface area contributed by atoms with Gasteiger partial charge in [0.2, 0.25) is 0 Å². The Morgan fingerprint density at radius 2 is 2.33 bits per heavy atom. The third-order valence-electron chi connectivity index (χ3n) is 1.85. The molecule has 0 unspecified atom stereocenters. The molecule has 0 saturated heterocycles. The largest absolute Gasteiger partial charge is 0.469 e. The van der Waals surface area contributed by atoms with E-state index in [1.165, 1.54) is 7.11 Å². The van der Waals surface area contributed by atoms with Crippen LogP contribution >= 0.6 is 24.2 Å². The minimum atomic E-state index is -0.396. The van der Waals surface area contributed by atoms with Crippen LogP contribution in [-0.2, 0) is 16.0 Å². The van der Waals surface area contributed by atoms with Crippen molar-refractivity contribution in [1.82, 2.24) is 0 Å². The van der Waals surface area contributed by atoms with Gasteiger partial charge in [0.25, 0.3) is 0 Å². The summed E-state index contributed by atoms with van der Waals surface area (Å²) in [6.45, 7) is 0. The van der Waals surface area contributed by atoms with Gasteiger partial charge >= 0.3 is 5.97 Å². The van der Waals surface area contributed by atoms with Gasteiger partial charge in [-0.15, -0.1) is 12.6 Å². The van der Waals surface area contributed by atoms with Crippen LogP contribution < -0.4 is 0 Å². The van der Waals surface area contributed by atoms with Crippen LogP contribution in [0.3, 0.4) is 0 Å². The SMILES string of the molecule is COC(=O)Cc1cc(C#N)c(S)cc1Cl. The van der Waals surface area contributed by atoms with Crippen molar-refractivity contribution in [1.29, 1.82) is 5.26 Å². The van der Waals surface area contributed by atoms with E-state index < -0.39 is 5.97 Å². The van der Waals surface area contributed by atoms with Gasteiger partial charge in [-0.2, -0.15) is 5.26 Å². The Hall–Kier alpha value is -1.18. The summed E-state index contributed by atoms with van der Waals surface area (Å²) in [6, 6.07) is 5.05. The van der Waals surface area contributed by atoms with Gasteiger partial charge in [-0.1, -0.05) is 11.6 Å². The number of ether oxygens (including phenoxy) is 1. The molecule has 0 saturated carbocycles. The summed E-state index contributed by atoms with van der Waals surface area (Å²) in [4.78, 5) is 11.5. The first kappa shape index (κ1) is 11.9. The number of esters is 1. The first-order valence-electron chi connectivity index (χ1n) is 4.06. The van der Waals surface area contributed by atoms with E-state index in [1.54, 1.807) is 12.1 Å². The van der Waals surface area contributed by atoms with Crippen molar-refractivity contribution < 1.29 is 9.53 Å². The van der Waals surface area contributed by atoms with Gasteiger partial charge in [0, 0.05) is 9.92 Å². The summed E-state index contributed by atoms with van der Waals surface area (Å²) in [5.41, 5.74) is 0.958. The number of halogens is 1. The fraction of sp³-hybridized carbons (Fsp3) is 0.200. The molecule has 0 radical (unpaired) electrons. The third-order valence-corrected chi connectivity index (χ3v) is 2.57. The average Bonchev–Trinajstić information content (AvgIpc) is 2.21. The zero-order valence-electron chi connectivity index (χ0n) is 7.95. The Labute approximate surface area is 98.0 Å². The molecule has 0 aliphatic heterocycles. The molecular weight excluding hydrogens is 234 g/mol. The molecule has 0 fully saturated rings. The van der Waals surface area contributed by atoms with E-state index in [9.17, 15) is 4.79 Å². The normalized spacial score (nSPS) is 9.47. The van der Waals surface area contributed by atoms with Crippen LogP contribution in [0.25, 0.3) is 0 Å². The lowest BCUT2D eigenvalue weighted by molar-refractivity contribution is -0.139. The second-order valence-corrected chi connectivity index (χ2v) is 3.71. The Balaban J connectivity index is 3.09. The van der Waals surface area contributed by atoms with Gasteiger partial charge in [-0.3, -0.25) is 4.79 Å². The lowest BCUT2D eigenvalue weighted by Crippen LogP contribution is -2.05. The Kier molecular flexibility index (Phi) is 4.01. The number of benzene rings is 1. The van der Waals surface area contributed by atoms with Gasteiger partial charge in [0.15, 0.2) is 0 Å². The summed E-state index contributed by atoms with van der Waals surface area (Å²) in [5, 5.41) is 9.17. The van der Waals surface area contributed by atoms with Crippen LogP contribution in [0, 0.1) is 11.3 Å². The van der Waals surface area contributed by atoms with Crippen molar-refractivity contribution in [2.24, 2.45) is 0 Å². The van der Waals surface area contributed by atoms with Crippen molar-refractivity contribution in [3.05, 3.63) is 28.3 Å². The minimum Gasteiger partial charge on any atom is -0.469 e. The average molecular weight is 242 g/mol. The molecule has 0 aliphatic rings. The van der Waals surface area contributed by atoms with Crippen LogP contribution in [0.1, 0.15) is 11.1 Å². The number of carbonyl (C=O) groups is 1. The summed E-state index contributed by atoms with van der Waals surface area (Å²) in [5.74, 6) is -0.396. The summed E-state index contributed by atoms with van der Waals surface area (Å²) in [7, 11) is 1.30. The molecule has 0 spiro atoms. The number of methoxy groups -OCH3 is 1. The topological polar surface area (TPSA) is 50.1 Å². The number of carbonyl (C=O) groups excluding carboxylic acids is 1. The van der Waals surface area contributed by atoms with Crippen LogP contribution in [0.4, 0.5) is 0 Å². The van der Waals surface area contributed by atoms with Gasteiger partial charge < -0.3 is 4.74 Å². The molecule has 0 atom stereocenters. The maximum atomic E-state index is 11.0. The molecule has 1 aromatic carbocycles. The van der Waals surface area contributed by atoms with Gasteiger partial charge in [-0.05, 0) is 17.7 Å². The van der Waals surface area contributed by atoms with Gasteiger partial charge in [-0.25, -0.2) is 0 Å². The molecule has 78 valence electrons. The molecule has 0 bridgehead atoms. The van der Waals surface area contributed by atoms with Crippen LogP contribution in [0.5, 0.6) is 0 Å². The highest BCUT2D eigenvalue weighted by Gasteiger charge is 2.10. The second kappa shape index (κ2) is 5.06. The number of hydrogen-bond acceptors (Lipinski definition) is 4. The van der Waals surface area contributed by atoms with E-state index in [0.717, 1.165) is 0 Å². The number of rotatable bonds is 2. The lowest BCUT2D eigenvalue weighted by Gasteiger charge is -2.05. The molecule has 0 heterocycles. The Morgan fingerprint density at radius 3 is 2.87 bits per heavy atom. The van der Waals surface area contributed by atoms with E-state index >= 15 is 0 Å². The fourth-order valence-electron chi connectivity index (χ4n) is 1.06. The molecule has 1 rings (SSSR count). The van der Waals surface area contributed by atoms with Crippen molar-refractivity contribution in [3.63, 3.8) is 0 Å². The molecule has 0 N–H and O–H groups in total. The maximum Gasteiger partial charge on any atom is 0.310 e. The van der Waals surface area contributed by atoms with Gasteiger partial charge in [0.05, 0.1) is 19.1 Å². The highest BCUT2D eigenvalue weighted by Crippen LogP contribution is 2.24. The molecule has 0 aromatic heterocycles. The van der Waals surface area contributed by atoms with Gasteiger partial charge in [0.1, 0.15) is 6.07 Å². The van der Waals surface area contributed by atoms with E-state index in [4.69, 9.17) is 16.9 Å². The molecule has 1 aromatic rings. The van der Waals surface area contributed by atoms with Crippen LogP contribution in [-0.4, -0.2) is 13.1 Å². The minimum absolute atomic E-state index is 0.0536. The number of hydrogen-bond donors (Lipinski definition) is 1. The first-order valence-corrected chi connectivity index (χ1v) is 4.89. The lowest BCUT2D eigenvalue weighted by atomic mass is 10.1. The molecular formula is C10H8ClNO2S. The van der Waals surface area contributed by atoms with E-state index in [-0.39, 0.29) is 6.42 Å². The molecule has 5 heteroatoms. The van der Waals surface area contributed by atoms with E-state index in [0.29, 0.717) is 21.0 Å². The summed E-state index contributed by atoms with van der Waals surface area (Å²) < 4.78 is 4.51. The standard InChI is InChI=1S/C10H8ClNO2S/c1-14-10(13)3-6-2-7(5-12)9(15)4-8(6)11/h2,4,15H,3H2,1H3. The van der Waals surface area contributed by atoms with Crippen LogP contribution in [0.15, 0.2) is 17.0 Å². The quantitative estimate of drug-likeness (QED) is 0.638. The Bertz CT molecular complexity index is 440. The number of nitrogens with zero attached hydrogens (tertiary/aromatic N) is 1. The molecule has 15 heavy (non-hydrogen) atoms. The van der Waals surface area contributed by atoms with E-state index in [1.807, 2.05) is 6.07 Å². The third kappa shape index (κ3) is 2.88. The second-order valence-electron chi connectivity index (χ2n) is 2.83. The predicted octanol–water partition coefficient (Wildman–Crippen LogP) is 2.22. The monoisotopic (exact) mass is 241 g/mol. The maximum absolute atomic E-state index is 11.0. The fourth-order valence-corrected chi connectivity index (χ4v) is 1.61. The number of nitriles is 1. The highest BCUT2D eigenvalue weighted by molar-refractivity contribution is 7.80. The highest BCUT2D eigenvalue weighted by atomic mass is 35.5. The van der Waals surface area contributed by atoms with E-state index in [2.05, 4.69) is 17.4 Å². The first-order chi connectivity index (χ1) is 7.08. The number of thiol groups is 1. The zero-order chi connectivity index (χ0) is 11.4. The van der Waals surface area contributed by atoms with Crippen LogP contribution in [0.2, 0.25) is 5.02 Å². The van der Waals surface area contributed by atoms with Crippen molar-refractivity contribution >= 4 is 30.2 Å².